The molecular formula is C25H34N2O3. The number of methoxy groups -OCH3 is 1. The molecule has 0 bridgehead atoms. The van der Waals surface area contributed by atoms with E-state index >= 15 is 0 Å². The molecule has 2 aromatic rings. The smallest absolute Gasteiger partial charge is 0.242 e. The van der Waals surface area contributed by atoms with E-state index < -0.39 is 6.04 Å². The van der Waals surface area contributed by atoms with Crippen LogP contribution in [-0.4, -0.2) is 36.4 Å². The highest BCUT2D eigenvalue weighted by molar-refractivity contribution is 5.87. The molecule has 0 saturated carbocycles. The molecule has 2 aromatic carbocycles. The second-order valence-electron chi connectivity index (χ2n) is 7.84. The van der Waals surface area contributed by atoms with Crippen molar-refractivity contribution in [3.8, 4) is 5.75 Å². The van der Waals surface area contributed by atoms with Crippen molar-refractivity contribution >= 4 is 11.8 Å². The summed E-state index contributed by atoms with van der Waals surface area (Å²) in [5.74, 6) is 1.03. The van der Waals surface area contributed by atoms with Gasteiger partial charge in [0.1, 0.15) is 11.8 Å². The molecule has 2 amide bonds. The maximum atomic E-state index is 13.1. The minimum absolute atomic E-state index is 0.0375. The summed E-state index contributed by atoms with van der Waals surface area (Å²) < 4.78 is 5.29. The van der Waals surface area contributed by atoms with Gasteiger partial charge in [0, 0.05) is 19.5 Å². The van der Waals surface area contributed by atoms with E-state index in [4.69, 9.17) is 4.74 Å². The number of hydrogen-bond donors (Lipinski definition) is 1. The van der Waals surface area contributed by atoms with Crippen LogP contribution in [0.3, 0.4) is 0 Å². The highest BCUT2D eigenvalue weighted by Gasteiger charge is 2.25. The van der Waals surface area contributed by atoms with Crippen LogP contribution < -0.4 is 10.1 Å². The highest BCUT2D eigenvalue weighted by atomic mass is 16.5. The van der Waals surface area contributed by atoms with Gasteiger partial charge in [0.2, 0.25) is 11.8 Å². The molecule has 1 atom stereocenters. The van der Waals surface area contributed by atoms with Gasteiger partial charge >= 0.3 is 0 Å². The van der Waals surface area contributed by atoms with Gasteiger partial charge in [-0.1, -0.05) is 50.2 Å². The zero-order valence-corrected chi connectivity index (χ0v) is 18.8. The molecule has 0 aliphatic rings. The maximum absolute atomic E-state index is 13.1. The lowest BCUT2D eigenvalue weighted by Crippen LogP contribution is -2.47. The van der Waals surface area contributed by atoms with Gasteiger partial charge in [0.15, 0.2) is 0 Å². The SMILES string of the molecule is CCNC(=O)C(C)N(Cc1cccc(OC)c1)C(=O)CCc1ccc(C(C)C)cc1. The third-order valence-electron chi connectivity index (χ3n) is 5.28. The molecule has 0 saturated heterocycles. The van der Waals surface area contributed by atoms with Gasteiger partial charge < -0.3 is 15.0 Å². The zero-order valence-electron chi connectivity index (χ0n) is 18.8. The summed E-state index contributed by atoms with van der Waals surface area (Å²) in [5.41, 5.74) is 3.34. The largest absolute Gasteiger partial charge is 0.497 e. The fourth-order valence-electron chi connectivity index (χ4n) is 3.34. The van der Waals surface area contributed by atoms with Crippen molar-refractivity contribution in [2.24, 2.45) is 0 Å². The molecule has 1 N–H and O–H groups in total. The lowest BCUT2D eigenvalue weighted by atomic mass is 10.00. The Bertz CT molecular complexity index is 831. The molecule has 0 aromatic heterocycles. The van der Waals surface area contributed by atoms with Crippen LogP contribution in [0.4, 0.5) is 0 Å². The summed E-state index contributed by atoms with van der Waals surface area (Å²) >= 11 is 0. The molecule has 0 aliphatic carbocycles. The molecule has 0 spiro atoms. The van der Waals surface area contributed by atoms with Crippen LogP contribution in [0.25, 0.3) is 0 Å². The second kappa shape index (κ2) is 11.4. The van der Waals surface area contributed by atoms with Crippen LogP contribution in [0.2, 0.25) is 0 Å². The normalized spacial score (nSPS) is 11.8. The number of hydrogen-bond acceptors (Lipinski definition) is 3. The number of ether oxygens (including phenoxy) is 1. The van der Waals surface area contributed by atoms with Crippen LogP contribution in [0, 0.1) is 0 Å². The van der Waals surface area contributed by atoms with Gasteiger partial charge in [-0.15, -0.1) is 0 Å². The van der Waals surface area contributed by atoms with E-state index in [1.54, 1.807) is 18.9 Å². The number of rotatable bonds is 10. The maximum Gasteiger partial charge on any atom is 0.242 e. The monoisotopic (exact) mass is 410 g/mol. The molecule has 162 valence electrons. The average molecular weight is 411 g/mol. The third kappa shape index (κ3) is 6.61. The molecule has 2 rings (SSSR count). The molecule has 1 unspecified atom stereocenters. The fourth-order valence-corrected chi connectivity index (χ4v) is 3.34. The van der Waals surface area contributed by atoms with Gasteiger partial charge in [-0.05, 0) is 55.0 Å². The van der Waals surface area contributed by atoms with Crippen molar-refractivity contribution in [1.29, 1.82) is 0 Å². The number of likely N-dealkylation sites (N-methyl/N-ethyl adjacent to an activating group) is 1. The van der Waals surface area contributed by atoms with Crippen molar-refractivity contribution < 1.29 is 14.3 Å². The predicted octanol–water partition coefficient (Wildman–Crippen LogP) is 4.30. The number of nitrogens with zero attached hydrogens (tertiary/aromatic N) is 1. The van der Waals surface area contributed by atoms with Crippen LogP contribution in [-0.2, 0) is 22.6 Å². The van der Waals surface area contributed by atoms with Gasteiger partial charge in [-0.2, -0.15) is 0 Å². The van der Waals surface area contributed by atoms with Crippen molar-refractivity contribution in [3.63, 3.8) is 0 Å². The molecule has 0 aliphatic heterocycles. The average Bonchev–Trinajstić information content (AvgIpc) is 2.75. The van der Waals surface area contributed by atoms with Crippen LogP contribution >= 0.6 is 0 Å². The van der Waals surface area contributed by atoms with Crippen LogP contribution in [0.15, 0.2) is 48.5 Å². The molecule has 5 heteroatoms. The number of nitrogens with one attached hydrogen (secondary N) is 1. The molecule has 0 radical (unpaired) electrons. The van der Waals surface area contributed by atoms with E-state index in [9.17, 15) is 9.59 Å². The van der Waals surface area contributed by atoms with Crippen LogP contribution in [0.5, 0.6) is 5.75 Å². The first kappa shape index (κ1) is 23.5. The molecule has 5 nitrogen and oxygen atoms in total. The third-order valence-corrected chi connectivity index (χ3v) is 5.28. The summed E-state index contributed by atoms with van der Waals surface area (Å²) in [6, 6.07) is 15.5. The van der Waals surface area contributed by atoms with Crippen molar-refractivity contribution in [1.82, 2.24) is 10.2 Å². The Hall–Kier alpha value is -2.82. The van der Waals surface area contributed by atoms with Crippen molar-refractivity contribution in [2.75, 3.05) is 13.7 Å². The zero-order chi connectivity index (χ0) is 22.1. The molecule has 0 fully saturated rings. The van der Waals surface area contributed by atoms with Gasteiger partial charge in [0.05, 0.1) is 7.11 Å². The highest BCUT2D eigenvalue weighted by Crippen LogP contribution is 2.18. The number of carbonyl (C=O) groups excluding carboxylic acids is 2. The number of benzene rings is 2. The predicted molar refractivity (Wildman–Crippen MR) is 121 cm³/mol. The van der Waals surface area contributed by atoms with Crippen molar-refractivity contribution in [3.05, 3.63) is 65.2 Å². The molecule has 30 heavy (non-hydrogen) atoms. The summed E-state index contributed by atoms with van der Waals surface area (Å²) in [6.07, 6.45) is 1.00. The van der Waals surface area contributed by atoms with E-state index in [-0.39, 0.29) is 11.8 Å². The fraction of sp³-hybridized carbons (Fsp3) is 0.440. The van der Waals surface area contributed by atoms with E-state index in [0.717, 1.165) is 16.9 Å². The summed E-state index contributed by atoms with van der Waals surface area (Å²) in [7, 11) is 1.61. The topological polar surface area (TPSA) is 58.6 Å². The van der Waals surface area contributed by atoms with Crippen LogP contribution in [0.1, 0.15) is 56.7 Å². The Labute approximate surface area is 180 Å². The summed E-state index contributed by atoms with van der Waals surface area (Å²) in [5, 5.41) is 2.82. The first-order chi connectivity index (χ1) is 14.3. The van der Waals surface area contributed by atoms with Gasteiger partial charge in [-0.3, -0.25) is 9.59 Å². The van der Waals surface area contributed by atoms with E-state index in [1.165, 1.54) is 5.56 Å². The number of amides is 2. The van der Waals surface area contributed by atoms with E-state index in [0.29, 0.717) is 31.8 Å². The first-order valence-corrected chi connectivity index (χ1v) is 10.6. The Morgan fingerprint density at radius 2 is 1.73 bits per heavy atom. The van der Waals surface area contributed by atoms with E-state index in [1.807, 2.05) is 31.2 Å². The Morgan fingerprint density at radius 3 is 2.33 bits per heavy atom. The minimum Gasteiger partial charge on any atom is -0.497 e. The summed E-state index contributed by atoms with van der Waals surface area (Å²) in [6.45, 7) is 8.88. The molecular weight excluding hydrogens is 376 g/mol. The van der Waals surface area contributed by atoms with Gasteiger partial charge in [0.25, 0.3) is 0 Å². The first-order valence-electron chi connectivity index (χ1n) is 10.6. The Kier molecular flexibility index (Phi) is 8.90. The molecule has 0 heterocycles. The Morgan fingerprint density at radius 1 is 1.03 bits per heavy atom. The lowest BCUT2D eigenvalue weighted by Gasteiger charge is -2.29. The number of carbonyl (C=O) groups is 2. The summed E-state index contributed by atoms with van der Waals surface area (Å²) in [4.78, 5) is 27.2. The standard InChI is InChI=1S/C25H34N2O3/c1-6-26-25(29)19(4)27(17-21-8-7-9-23(16-21)30-5)24(28)15-12-20-10-13-22(14-11-20)18(2)3/h7-11,13-14,16,18-19H,6,12,15,17H2,1-5H3,(H,26,29). The van der Waals surface area contributed by atoms with E-state index in [2.05, 4.69) is 43.4 Å². The lowest BCUT2D eigenvalue weighted by molar-refractivity contribution is -0.140. The van der Waals surface area contributed by atoms with Gasteiger partial charge in [-0.25, -0.2) is 0 Å². The minimum atomic E-state index is -0.549. The second-order valence-corrected chi connectivity index (χ2v) is 7.84. The Balaban J connectivity index is 2.13. The number of aryl methyl sites for hydroxylation is 1. The quantitative estimate of drug-likeness (QED) is 0.635. The van der Waals surface area contributed by atoms with Crippen molar-refractivity contribution in [2.45, 2.75) is 59.0 Å².